The molecule has 0 radical (unpaired) electrons. The predicted octanol–water partition coefficient (Wildman–Crippen LogP) is 0.942. The van der Waals surface area contributed by atoms with Crippen LogP contribution < -0.4 is 11.1 Å². The summed E-state index contributed by atoms with van der Waals surface area (Å²) in [6, 6.07) is 2.02. The summed E-state index contributed by atoms with van der Waals surface area (Å²) in [6.07, 6.45) is 2.53. The van der Waals surface area contributed by atoms with E-state index in [4.69, 9.17) is 10.5 Å². The fraction of sp³-hybridized carbons (Fsp3) is 0.500. The van der Waals surface area contributed by atoms with Crippen molar-refractivity contribution in [3.63, 3.8) is 0 Å². The van der Waals surface area contributed by atoms with E-state index in [-0.39, 0.29) is 12.1 Å². The van der Waals surface area contributed by atoms with Gasteiger partial charge in [0.25, 0.3) is 0 Å². The summed E-state index contributed by atoms with van der Waals surface area (Å²) in [5, 5.41) is 3.27. The molecule has 3 N–H and O–H groups in total. The molecule has 5 heteroatoms. The molecule has 0 unspecified atom stereocenters. The van der Waals surface area contributed by atoms with Crippen molar-refractivity contribution in [1.82, 2.24) is 4.98 Å². The molecule has 2 heterocycles. The van der Waals surface area contributed by atoms with E-state index in [0.29, 0.717) is 12.2 Å². The highest BCUT2D eigenvalue weighted by molar-refractivity contribution is 5.93. The standard InChI is InChI=1S/C12H17N3O2/c1-7(2)17-6-10-4-8-3-9(11(13)16)5-14-12(8)15-10/h3,5,7,10H,4,6H2,1-2H3,(H2,13,16)(H,14,15)/t10-/m0/s1. The average molecular weight is 235 g/mol. The molecular formula is C12H17N3O2. The maximum absolute atomic E-state index is 11.0. The molecule has 0 aromatic carbocycles. The molecule has 1 aliphatic heterocycles. The normalized spacial score (nSPS) is 17.9. The fourth-order valence-electron chi connectivity index (χ4n) is 1.85. The highest BCUT2D eigenvalue weighted by Crippen LogP contribution is 2.24. The summed E-state index contributed by atoms with van der Waals surface area (Å²) < 4.78 is 5.55. The van der Waals surface area contributed by atoms with Gasteiger partial charge < -0.3 is 15.8 Å². The number of nitrogens with zero attached hydrogens (tertiary/aromatic N) is 1. The maximum Gasteiger partial charge on any atom is 0.250 e. The summed E-state index contributed by atoms with van der Waals surface area (Å²) in [5.74, 6) is 0.384. The Morgan fingerprint density at radius 3 is 3.12 bits per heavy atom. The number of primary amides is 1. The lowest BCUT2D eigenvalue weighted by Gasteiger charge is -2.13. The minimum atomic E-state index is -0.442. The van der Waals surface area contributed by atoms with Crippen molar-refractivity contribution in [2.75, 3.05) is 11.9 Å². The van der Waals surface area contributed by atoms with Crippen LogP contribution in [0.4, 0.5) is 5.82 Å². The first-order valence-electron chi connectivity index (χ1n) is 5.73. The second-order valence-electron chi connectivity index (χ2n) is 4.52. The monoisotopic (exact) mass is 235 g/mol. The molecule has 0 spiro atoms. The number of pyridine rings is 1. The first-order chi connectivity index (χ1) is 8.06. The number of amides is 1. The van der Waals surface area contributed by atoms with Gasteiger partial charge in [-0.2, -0.15) is 0 Å². The number of aromatic nitrogens is 1. The second-order valence-corrected chi connectivity index (χ2v) is 4.52. The molecule has 17 heavy (non-hydrogen) atoms. The Bertz CT molecular complexity index is 432. The van der Waals surface area contributed by atoms with Gasteiger partial charge in [0.1, 0.15) is 5.82 Å². The summed E-state index contributed by atoms with van der Waals surface area (Å²) in [6.45, 7) is 4.65. The summed E-state index contributed by atoms with van der Waals surface area (Å²) >= 11 is 0. The van der Waals surface area contributed by atoms with Gasteiger partial charge in [0.05, 0.1) is 24.3 Å². The van der Waals surface area contributed by atoms with Crippen LogP contribution in [0.2, 0.25) is 0 Å². The molecule has 0 aliphatic carbocycles. The van der Waals surface area contributed by atoms with Gasteiger partial charge in [0.2, 0.25) is 5.91 Å². The molecule has 1 aromatic rings. The van der Waals surface area contributed by atoms with Crippen molar-refractivity contribution >= 4 is 11.7 Å². The molecule has 0 bridgehead atoms. The van der Waals surface area contributed by atoms with Crippen LogP contribution in [0.3, 0.4) is 0 Å². The van der Waals surface area contributed by atoms with Crippen LogP contribution in [0.1, 0.15) is 29.8 Å². The Kier molecular flexibility index (Phi) is 3.28. The van der Waals surface area contributed by atoms with E-state index in [1.54, 1.807) is 6.07 Å². The molecule has 1 atom stereocenters. The maximum atomic E-state index is 11.0. The smallest absolute Gasteiger partial charge is 0.250 e. The molecule has 0 saturated carbocycles. The zero-order valence-electron chi connectivity index (χ0n) is 10.1. The number of nitrogens with two attached hydrogens (primary N) is 1. The molecule has 92 valence electrons. The van der Waals surface area contributed by atoms with Crippen LogP contribution in [-0.2, 0) is 11.2 Å². The number of fused-ring (bicyclic) bond motifs is 1. The van der Waals surface area contributed by atoms with Gasteiger partial charge in [-0.3, -0.25) is 4.79 Å². The number of hydrogen-bond donors (Lipinski definition) is 2. The minimum Gasteiger partial charge on any atom is -0.377 e. The van der Waals surface area contributed by atoms with Crippen molar-refractivity contribution in [3.05, 3.63) is 23.4 Å². The third kappa shape index (κ3) is 2.74. The number of ether oxygens (including phenoxy) is 1. The van der Waals surface area contributed by atoms with E-state index in [1.165, 1.54) is 6.20 Å². The van der Waals surface area contributed by atoms with Gasteiger partial charge in [0.15, 0.2) is 0 Å². The first-order valence-corrected chi connectivity index (χ1v) is 5.73. The van der Waals surface area contributed by atoms with Gasteiger partial charge in [0, 0.05) is 6.20 Å². The van der Waals surface area contributed by atoms with Gasteiger partial charge in [-0.25, -0.2) is 4.98 Å². The summed E-state index contributed by atoms with van der Waals surface area (Å²) in [4.78, 5) is 15.2. The van der Waals surface area contributed by atoms with Gasteiger partial charge >= 0.3 is 0 Å². The van der Waals surface area contributed by atoms with E-state index < -0.39 is 5.91 Å². The van der Waals surface area contributed by atoms with Gasteiger partial charge in [-0.05, 0) is 31.9 Å². The van der Waals surface area contributed by atoms with Crippen molar-refractivity contribution < 1.29 is 9.53 Å². The molecule has 2 rings (SSSR count). The molecule has 1 amide bonds. The number of rotatable bonds is 4. The molecule has 1 aromatic heterocycles. The molecule has 5 nitrogen and oxygen atoms in total. The Labute approximate surface area is 100 Å². The lowest BCUT2D eigenvalue weighted by atomic mass is 10.1. The summed E-state index contributed by atoms with van der Waals surface area (Å²) in [7, 11) is 0. The SMILES string of the molecule is CC(C)OC[C@@H]1Cc2cc(C(N)=O)cnc2N1. The van der Waals surface area contributed by atoms with Gasteiger partial charge in [-0.1, -0.05) is 0 Å². The van der Waals surface area contributed by atoms with Crippen molar-refractivity contribution in [2.24, 2.45) is 5.73 Å². The van der Waals surface area contributed by atoms with E-state index >= 15 is 0 Å². The van der Waals surface area contributed by atoms with E-state index in [9.17, 15) is 4.79 Å². The Morgan fingerprint density at radius 2 is 2.47 bits per heavy atom. The lowest BCUT2D eigenvalue weighted by molar-refractivity contribution is 0.0727. The van der Waals surface area contributed by atoms with E-state index in [1.807, 2.05) is 13.8 Å². The number of nitrogens with one attached hydrogen (secondary N) is 1. The molecule has 1 aliphatic rings. The van der Waals surface area contributed by atoms with Gasteiger partial charge in [-0.15, -0.1) is 0 Å². The zero-order valence-corrected chi connectivity index (χ0v) is 10.1. The van der Waals surface area contributed by atoms with Crippen molar-refractivity contribution in [2.45, 2.75) is 32.4 Å². The lowest BCUT2D eigenvalue weighted by Crippen LogP contribution is -2.24. The van der Waals surface area contributed by atoms with Crippen molar-refractivity contribution in [1.29, 1.82) is 0 Å². The Balaban J connectivity index is 2.04. The topological polar surface area (TPSA) is 77.2 Å². The number of carbonyl (C=O) groups excluding carboxylic acids is 1. The fourth-order valence-corrected chi connectivity index (χ4v) is 1.85. The van der Waals surface area contributed by atoms with Crippen LogP contribution in [-0.4, -0.2) is 29.6 Å². The van der Waals surface area contributed by atoms with E-state index in [2.05, 4.69) is 10.3 Å². The van der Waals surface area contributed by atoms with Crippen LogP contribution in [0.5, 0.6) is 0 Å². The van der Waals surface area contributed by atoms with Crippen LogP contribution >= 0.6 is 0 Å². The van der Waals surface area contributed by atoms with Crippen LogP contribution in [0, 0.1) is 0 Å². The third-order valence-corrected chi connectivity index (χ3v) is 2.69. The molecule has 0 saturated heterocycles. The van der Waals surface area contributed by atoms with Crippen LogP contribution in [0.15, 0.2) is 12.3 Å². The Morgan fingerprint density at radius 1 is 1.71 bits per heavy atom. The highest BCUT2D eigenvalue weighted by Gasteiger charge is 2.22. The quantitative estimate of drug-likeness (QED) is 0.814. The first kappa shape index (κ1) is 11.9. The number of carbonyl (C=O) groups is 1. The third-order valence-electron chi connectivity index (χ3n) is 2.69. The van der Waals surface area contributed by atoms with Crippen LogP contribution in [0.25, 0.3) is 0 Å². The molecule has 0 fully saturated rings. The van der Waals surface area contributed by atoms with Crippen molar-refractivity contribution in [3.8, 4) is 0 Å². The largest absolute Gasteiger partial charge is 0.377 e. The summed E-state index contributed by atoms with van der Waals surface area (Å²) in [5.41, 5.74) is 6.70. The average Bonchev–Trinajstić information content (AvgIpc) is 2.67. The number of anilines is 1. The van der Waals surface area contributed by atoms with E-state index in [0.717, 1.165) is 17.8 Å². The minimum absolute atomic E-state index is 0.217. The highest BCUT2D eigenvalue weighted by atomic mass is 16.5. The Hall–Kier alpha value is -1.62. The second kappa shape index (κ2) is 4.71. The zero-order chi connectivity index (χ0) is 12.4. The molecular weight excluding hydrogens is 218 g/mol. The predicted molar refractivity (Wildman–Crippen MR) is 65.0 cm³/mol. The number of hydrogen-bond acceptors (Lipinski definition) is 4.